The van der Waals surface area contributed by atoms with E-state index in [9.17, 15) is 9.59 Å². The largest absolute Gasteiger partial charge is 0.481 e. The Morgan fingerprint density at radius 1 is 1.31 bits per heavy atom. The molecule has 0 rings (SSSR count). The highest BCUT2D eigenvalue weighted by molar-refractivity contribution is 5.78. The third kappa shape index (κ3) is 6.13. The molecule has 0 aromatic carbocycles. The van der Waals surface area contributed by atoms with Gasteiger partial charge < -0.3 is 9.84 Å². The van der Waals surface area contributed by atoms with Gasteiger partial charge >= 0.3 is 11.9 Å². The zero-order chi connectivity index (χ0) is 10.4. The molecule has 0 fully saturated rings. The highest BCUT2D eigenvalue weighted by Gasteiger charge is 2.17. The van der Waals surface area contributed by atoms with Gasteiger partial charge in [-0.25, -0.2) is 0 Å². The van der Waals surface area contributed by atoms with Crippen molar-refractivity contribution in [1.82, 2.24) is 0 Å². The lowest BCUT2D eigenvalue weighted by molar-refractivity contribution is -0.153. The van der Waals surface area contributed by atoms with Crippen molar-refractivity contribution in [3.8, 4) is 0 Å². The summed E-state index contributed by atoms with van der Waals surface area (Å²) in [6.07, 6.45) is -0.170. The van der Waals surface area contributed by atoms with Crippen molar-refractivity contribution in [2.24, 2.45) is 11.8 Å². The molecule has 1 N–H and O–H groups in total. The van der Waals surface area contributed by atoms with E-state index in [-0.39, 0.29) is 12.3 Å². The molecule has 0 unspecified atom stereocenters. The van der Waals surface area contributed by atoms with Crippen LogP contribution in [-0.4, -0.2) is 23.7 Å². The lowest BCUT2D eigenvalue weighted by atomic mass is 10.1. The molecular formula is C9H16O4. The summed E-state index contributed by atoms with van der Waals surface area (Å²) in [5, 5.41) is 8.40. The van der Waals surface area contributed by atoms with Crippen molar-refractivity contribution < 1.29 is 19.4 Å². The van der Waals surface area contributed by atoms with Crippen molar-refractivity contribution in [1.29, 1.82) is 0 Å². The maximum absolute atomic E-state index is 11.1. The average molecular weight is 188 g/mol. The monoisotopic (exact) mass is 188 g/mol. The van der Waals surface area contributed by atoms with Gasteiger partial charge in [0.2, 0.25) is 0 Å². The summed E-state index contributed by atoms with van der Waals surface area (Å²) >= 11 is 0. The van der Waals surface area contributed by atoms with Crippen LogP contribution in [0.15, 0.2) is 0 Å². The van der Waals surface area contributed by atoms with E-state index in [2.05, 4.69) is 0 Å². The number of carbonyl (C=O) groups excluding carboxylic acids is 1. The fourth-order valence-electron chi connectivity index (χ4n) is 0.736. The highest BCUT2D eigenvalue weighted by Crippen LogP contribution is 2.05. The Kier molecular flexibility index (Phi) is 5.11. The SMILES string of the molecule is CC(C)COC(=O)[C@H](C)CC(=O)O. The summed E-state index contributed by atoms with van der Waals surface area (Å²) in [4.78, 5) is 21.3. The van der Waals surface area contributed by atoms with Crippen molar-refractivity contribution >= 4 is 11.9 Å². The van der Waals surface area contributed by atoms with Crippen LogP contribution in [0.25, 0.3) is 0 Å². The molecule has 0 saturated carbocycles. The van der Waals surface area contributed by atoms with Crippen LogP contribution in [0, 0.1) is 11.8 Å². The fraction of sp³-hybridized carbons (Fsp3) is 0.778. The second kappa shape index (κ2) is 5.56. The number of carboxylic acid groups (broad SMARTS) is 1. The minimum absolute atomic E-state index is 0.170. The van der Waals surface area contributed by atoms with Gasteiger partial charge in [-0.1, -0.05) is 20.8 Å². The maximum atomic E-state index is 11.1. The Bertz CT molecular complexity index is 186. The first-order valence-corrected chi connectivity index (χ1v) is 4.32. The number of aliphatic carboxylic acids is 1. The summed E-state index contributed by atoms with van der Waals surface area (Å²) < 4.78 is 4.86. The minimum atomic E-state index is -0.978. The smallest absolute Gasteiger partial charge is 0.309 e. The van der Waals surface area contributed by atoms with Crippen LogP contribution in [0.4, 0.5) is 0 Å². The predicted octanol–water partition coefficient (Wildman–Crippen LogP) is 1.30. The van der Waals surface area contributed by atoms with Gasteiger partial charge in [0.25, 0.3) is 0 Å². The van der Waals surface area contributed by atoms with Crippen molar-refractivity contribution in [3.63, 3.8) is 0 Å². The Hall–Kier alpha value is -1.06. The van der Waals surface area contributed by atoms with E-state index in [0.29, 0.717) is 6.61 Å². The Balaban J connectivity index is 3.76. The zero-order valence-corrected chi connectivity index (χ0v) is 8.24. The highest BCUT2D eigenvalue weighted by atomic mass is 16.5. The number of hydrogen-bond donors (Lipinski definition) is 1. The topological polar surface area (TPSA) is 63.6 Å². The van der Waals surface area contributed by atoms with Crippen LogP contribution >= 0.6 is 0 Å². The third-order valence-electron chi connectivity index (χ3n) is 1.44. The van der Waals surface area contributed by atoms with Gasteiger partial charge in [-0.15, -0.1) is 0 Å². The molecule has 4 nitrogen and oxygen atoms in total. The lowest BCUT2D eigenvalue weighted by Gasteiger charge is -2.10. The predicted molar refractivity (Wildman–Crippen MR) is 47.2 cm³/mol. The van der Waals surface area contributed by atoms with E-state index in [1.54, 1.807) is 6.92 Å². The third-order valence-corrected chi connectivity index (χ3v) is 1.44. The molecule has 0 aliphatic carbocycles. The Labute approximate surface area is 77.9 Å². The summed E-state index contributed by atoms with van der Waals surface area (Å²) in [6.45, 7) is 5.75. The van der Waals surface area contributed by atoms with Crippen LogP contribution in [0.2, 0.25) is 0 Å². The van der Waals surface area contributed by atoms with E-state index >= 15 is 0 Å². The van der Waals surface area contributed by atoms with E-state index < -0.39 is 17.9 Å². The summed E-state index contributed by atoms with van der Waals surface area (Å²) in [6, 6.07) is 0. The molecule has 0 aromatic rings. The first-order valence-electron chi connectivity index (χ1n) is 4.32. The quantitative estimate of drug-likeness (QED) is 0.660. The molecule has 0 bridgehead atoms. The number of rotatable bonds is 5. The number of esters is 1. The Morgan fingerprint density at radius 2 is 1.85 bits per heavy atom. The number of carboxylic acids is 1. The van der Waals surface area contributed by atoms with Gasteiger partial charge in [0, 0.05) is 0 Å². The molecule has 0 radical (unpaired) electrons. The van der Waals surface area contributed by atoms with E-state index in [0.717, 1.165) is 0 Å². The van der Waals surface area contributed by atoms with Crippen molar-refractivity contribution in [2.45, 2.75) is 27.2 Å². The van der Waals surface area contributed by atoms with Crippen LogP contribution in [0.5, 0.6) is 0 Å². The number of hydrogen-bond acceptors (Lipinski definition) is 3. The average Bonchev–Trinajstić information content (AvgIpc) is 1.98. The molecule has 0 spiro atoms. The lowest BCUT2D eigenvalue weighted by Crippen LogP contribution is -2.19. The summed E-state index contributed by atoms with van der Waals surface area (Å²) in [5.41, 5.74) is 0. The van der Waals surface area contributed by atoms with Gasteiger partial charge in [0.15, 0.2) is 0 Å². The van der Waals surface area contributed by atoms with E-state index in [1.807, 2.05) is 13.8 Å². The standard InChI is InChI=1S/C9H16O4/c1-6(2)5-13-9(12)7(3)4-8(10)11/h6-7H,4-5H2,1-3H3,(H,10,11)/t7-/m1/s1. The molecule has 1 atom stereocenters. The Morgan fingerprint density at radius 3 is 2.23 bits per heavy atom. The van der Waals surface area contributed by atoms with E-state index in [1.165, 1.54) is 0 Å². The molecule has 13 heavy (non-hydrogen) atoms. The van der Waals surface area contributed by atoms with Gasteiger partial charge in [-0.3, -0.25) is 9.59 Å². The van der Waals surface area contributed by atoms with Gasteiger partial charge in [-0.05, 0) is 5.92 Å². The van der Waals surface area contributed by atoms with Crippen LogP contribution in [-0.2, 0) is 14.3 Å². The molecule has 0 aliphatic rings. The molecule has 0 saturated heterocycles. The second-order valence-corrected chi connectivity index (χ2v) is 3.52. The molecule has 0 heterocycles. The van der Waals surface area contributed by atoms with Crippen molar-refractivity contribution in [3.05, 3.63) is 0 Å². The van der Waals surface area contributed by atoms with Crippen LogP contribution < -0.4 is 0 Å². The van der Waals surface area contributed by atoms with Gasteiger partial charge in [0.05, 0.1) is 18.9 Å². The first kappa shape index (κ1) is 11.9. The molecule has 4 heteroatoms. The van der Waals surface area contributed by atoms with Gasteiger partial charge in [-0.2, -0.15) is 0 Å². The van der Waals surface area contributed by atoms with Crippen LogP contribution in [0.3, 0.4) is 0 Å². The van der Waals surface area contributed by atoms with E-state index in [4.69, 9.17) is 9.84 Å². The fourth-order valence-corrected chi connectivity index (χ4v) is 0.736. The van der Waals surface area contributed by atoms with Crippen molar-refractivity contribution in [2.75, 3.05) is 6.61 Å². The first-order chi connectivity index (χ1) is 5.93. The normalized spacial score (nSPS) is 12.6. The maximum Gasteiger partial charge on any atom is 0.309 e. The molecule has 0 aromatic heterocycles. The number of ether oxygens (including phenoxy) is 1. The zero-order valence-electron chi connectivity index (χ0n) is 8.24. The summed E-state index contributed by atoms with van der Waals surface area (Å²) in [7, 11) is 0. The molecule has 76 valence electrons. The molecule has 0 amide bonds. The second-order valence-electron chi connectivity index (χ2n) is 3.52. The van der Waals surface area contributed by atoms with Crippen LogP contribution in [0.1, 0.15) is 27.2 Å². The number of carbonyl (C=O) groups is 2. The molecular weight excluding hydrogens is 172 g/mol. The van der Waals surface area contributed by atoms with Gasteiger partial charge in [0.1, 0.15) is 0 Å². The summed E-state index contributed by atoms with van der Waals surface area (Å²) in [5.74, 6) is -1.69. The minimum Gasteiger partial charge on any atom is -0.481 e. The molecule has 0 aliphatic heterocycles.